The first-order valence-electron chi connectivity index (χ1n) is 5.91. The van der Waals surface area contributed by atoms with Crippen LogP contribution in [0.25, 0.3) is 0 Å². The number of anilines is 1. The SMILES string of the molecule is CCNCCNC(=O)c1ccc(N(C)C)cc1. The summed E-state index contributed by atoms with van der Waals surface area (Å²) in [6, 6.07) is 7.58. The summed E-state index contributed by atoms with van der Waals surface area (Å²) in [6.45, 7) is 4.43. The summed E-state index contributed by atoms with van der Waals surface area (Å²) in [6.07, 6.45) is 0. The van der Waals surface area contributed by atoms with E-state index >= 15 is 0 Å². The van der Waals surface area contributed by atoms with Crippen LogP contribution in [0.2, 0.25) is 0 Å². The van der Waals surface area contributed by atoms with E-state index in [1.807, 2.05) is 50.2 Å². The van der Waals surface area contributed by atoms with Gasteiger partial charge in [-0.2, -0.15) is 0 Å². The van der Waals surface area contributed by atoms with E-state index in [1.165, 1.54) is 0 Å². The predicted octanol–water partition coefficient (Wildman–Crippen LogP) is 1.09. The van der Waals surface area contributed by atoms with Gasteiger partial charge >= 0.3 is 0 Å². The summed E-state index contributed by atoms with van der Waals surface area (Å²) in [5, 5.41) is 6.03. The van der Waals surface area contributed by atoms with Gasteiger partial charge < -0.3 is 15.5 Å². The Morgan fingerprint density at radius 3 is 2.35 bits per heavy atom. The number of nitrogens with one attached hydrogen (secondary N) is 2. The van der Waals surface area contributed by atoms with Crippen LogP contribution in [0.3, 0.4) is 0 Å². The molecule has 0 radical (unpaired) electrons. The van der Waals surface area contributed by atoms with Crippen LogP contribution in [0.1, 0.15) is 17.3 Å². The minimum absolute atomic E-state index is 0.0202. The Morgan fingerprint density at radius 2 is 1.82 bits per heavy atom. The number of hydrogen-bond donors (Lipinski definition) is 2. The highest BCUT2D eigenvalue weighted by atomic mass is 16.1. The third kappa shape index (κ3) is 4.44. The van der Waals surface area contributed by atoms with E-state index in [2.05, 4.69) is 10.6 Å². The Bertz CT molecular complexity index is 346. The molecule has 17 heavy (non-hydrogen) atoms. The van der Waals surface area contributed by atoms with Crippen LogP contribution in [-0.2, 0) is 0 Å². The maximum atomic E-state index is 11.7. The number of carbonyl (C=O) groups is 1. The highest BCUT2D eigenvalue weighted by Gasteiger charge is 2.04. The van der Waals surface area contributed by atoms with Gasteiger partial charge in [-0.1, -0.05) is 6.92 Å². The molecule has 0 aliphatic rings. The first-order valence-corrected chi connectivity index (χ1v) is 5.91. The largest absolute Gasteiger partial charge is 0.378 e. The zero-order chi connectivity index (χ0) is 12.7. The second-order valence-electron chi connectivity index (χ2n) is 4.05. The van der Waals surface area contributed by atoms with Gasteiger partial charge in [0, 0.05) is 38.4 Å². The lowest BCUT2D eigenvalue weighted by Gasteiger charge is -2.12. The Morgan fingerprint density at radius 1 is 1.18 bits per heavy atom. The standard InChI is InChI=1S/C13H21N3O/c1-4-14-9-10-15-13(17)11-5-7-12(8-6-11)16(2)3/h5-8,14H,4,9-10H2,1-3H3,(H,15,17). The number of likely N-dealkylation sites (N-methyl/N-ethyl adjacent to an activating group) is 1. The average Bonchev–Trinajstić information content (AvgIpc) is 2.34. The van der Waals surface area contributed by atoms with Crippen molar-refractivity contribution in [1.29, 1.82) is 0 Å². The molecule has 94 valence electrons. The molecule has 0 spiro atoms. The minimum Gasteiger partial charge on any atom is -0.378 e. The monoisotopic (exact) mass is 235 g/mol. The van der Waals surface area contributed by atoms with Crippen LogP contribution < -0.4 is 15.5 Å². The normalized spacial score (nSPS) is 10.1. The van der Waals surface area contributed by atoms with E-state index in [0.29, 0.717) is 12.1 Å². The molecular formula is C13H21N3O. The van der Waals surface area contributed by atoms with E-state index < -0.39 is 0 Å². The third-order valence-corrected chi connectivity index (χ3v) is 2.48. The number of nitrogens with zero attached hydrogens (tertiary/aromatic N) is 1. The molecule has 0 bridgehead atoms. The van der Waals surface area contributed by atoms with Crippen LogP contribution in [0.15, 0.2) is 24.3 Å². The average molecular weight is 235 g/mol. The van der Waals surface area contributed by atoms with Crippen LogP contribution in [0.4, 0.5) is 5.69 Å². The van der Waals surface area contributed by atoms with Gasteiger partial charge in [0.25, 0.3) is 5.91 Å². The summed E-state index contributed by atoms with van der Waals surface area (Å²) in [4.78, 5) is 13.7. The highest BCUT2D eigenvalue weighted by molar-refractivity contribution is 5.94. The van der Waals surface area contributed by atoms with Crippen molar-refractivity contribution < 1.29 is 4.79 Å². The smallest absolute Gasteiger partial charge is 0.251 e. The molecule has 1 aromatic rings. The minimum atomic E-state index is -0.0202. The maximum absolute atomic E-state index is 11.7. The molecule has 1 amide bonds. The van der Waals surface area contributed by atoms with E-state index in [1.54, 1.807) is 0 Å². The van der Waals surface area contributed by atoms with Gasteiger partial charge in [0.2, 0.25) is 0 Å². The van der Waals surface area contributed by atoms with Crippen molar-refractivity contribution in [3.63, 3.8) is 0 Å². The summed E-state index contributed by atoms with van der Waals surface area (Å²) < 4.78 is 0. The summed E-state index contributed by atoms with van der Waals surface area (Å²) in [7, 11) is 3.96. The van der Waals surface area contributed by atoms with Gasteiger partial charge in [0.15, 0.2) is 0 Å². The van der Waals surface area contributed by atoms with Crippen molar-refractivity contribution in [3.05, 3.63) is 29.8 Å². The van der Waals surface area contributed by atoms with E-state index in [9.17, 15) is 4.79 Å². The molecule has 0 unspecified atom stereocenters. The van der Waals surface area contributed by atoms with Crippen molar-refractivity contribution in [1.82, 2.24) is 10.6 Å². The van der Waals surface area contributed by atoms with Crippen molar-refractivity contribution in [2.45, 2.75) is 6.92 Å². The molecule has 0 saturated carbocycles. The molecule has 0 aromatic heterocycles. The van der Waals surface area contributed by atoms with E-state index in [-0.39, 0.29) is 5.91 Å². The van der Waals surface area contributed by atoms with Crippen LogP contribution in [0.5, 0.6) is 0 Å². The topological polar surface area (TPSA) is 44.4 Å². The predicted molar refractivity (Wildman–Crippen MR) is 71.6 cm³/mol. The summed E-state index contributed by atoms with van der Waals surface area (Å²) >= 11 is 0. The second kappa shape index (κ2) is 6.91. The van der Waals surface area contributed by atoms with Crippen LogP contribution >= 0.6 is 0 Å². The third-order valence-electron chi connectivity index (χ3n) is 2.48. The van der Waals surface area contributed by atoms with Crippen LogP contribution in [-0.4, -0.2) is 39.6 Å². The Hall–Kier alpha value is -1.55. The lowest BCUT2D eigenvalue weighted by Crippen LogP contribution is -2.31. The van der Waals surface area contributed by atoms with E-state index in [4.69, 9.17) is 0 Å². The van der Waals surface area contributed by atoms with Gasteiger partial charge in [-0.25, -0.2) is 0 Å². The molecule has 0 heterocycles. The Balaban J connectivity index is 2.46. The fourth-order valence-corrected chi connectivity index (χ4v) is 1.45. The van der Waals surface area contributed by atoms with Gasteiger partial charge in [0.05, 0.1) is 0 Å². The van der Waals surface area contributed by atoms with Gasteiger partial charge in [-0.15, -0.1) is 0 Å². The molecule has 0 fully saturated rings. The number of amides is 1. The highest BCUT2D eigenvalue weighted by Crippen LogP contribution is 2.11. The Labute approximate surface area is 103 Å². The van der Waals surface area contributed by atoms with Crippen molar-refractivity contribution in [2.75, 3.05) is 38.6 Å². The molecule has 0 atom stereocenters. The summed E-state index contributed by atoms with van der Waals surface area (Å²) in [5.41, 5.74) is 1.79. The first-order chi connectivity index (χ1) is 8.15. The zero-order valence-corrected chi connectivity index (χ0v) is 10.8. The molecule has 1 rings (SSSR count). The number of benzene rings is 1. The summed E-state index contributed by atoms with van der Waals surface area (Å²) in [5.74, 6) is -0.0202. The first kappa shape index (κ1) is 13.5. The maximum Gasteiger partial charge on any atom is 0.251 e. The number of hydrogen-bond acceptors (Lipinski definition) is 3. The lowest BCUT2D eigenvalue weighted by atomic mass is 10.2. The second-order valence-corrected chi connectivity index (χ2v) is 4.05. The van der Waals surface area contributed by atoms with Gasteiger partial charge in [-0.3, -0.25) is 4.79 Å². The van der Waals surface area contributed by atoms with Crippen molar-refractivity contribution >= 4 is 11.6 Å². The molecule has 1 aromatic carbocycles. The molecular weight excluding hydrogens is 214 g/mol. The fourth-order valence-electron chi connectivity index (χ4n) is 1.45. The Kier molecular flexibility index (Phi) is 5.49. The van der Waals surface area contributed by atoms with Gasteiger partial charge in [-0.05, 0) is 30.8 Å². The molecule has 0 aliphatic carbocycles. The van der Waals surface area contributed by atoms with Crippen LogP contribution in [0, 0.1) is 0 Å². The number of rotatable bonds is 6. The van der Waals surface area contributed by atoms with Crippen molar-refractivity contribution in [3.8, 4) is 0 Å². The van der Waals surface area contributed by atoms with Gasteiger partial charge in [0.1, 0.15) is 0 Å². The molecule has 4 heteroatoms. The molecule has 2 N–H and O–H groups in total. The molecule has 0 aliphatic heterocycles. The molecule has 4 nitrogen and oxygen atoms in total. The van der Waals surface area contributed by atoms with Crippen molar-refractivity contribution in [2.24, 2.45) is 0 Å². The quantitative estimate of drug-likeness (QED) is 0.726. The van der Waals surface area contributed by atoms with E-state index in [0.717, 1.165) is 18.8 Å². The fraction of sp³-hybridized carbons (Fsp3) is 0.462. The number of carbonyl (C=O) groups excluding carboxylic acids is 1. The molecule has 0 saturated heterocycles. The zero-order valence-electron chi connectivity index (χ0n) is 10.8. The lowest BCUT2D eigenvalue weighted by molar-refractivity contribution is 0.0954.